The minimum Gasteiger partial charge on any atom is -0.467 e. The minimum absolute atomic E-state index is 0.0415. The Morgan fingerprint density at radius 2 is 2.17 bits per heavy atom. The van der Waals surface area contributed by atoms with Crippen molar-refractivity contribution in [2.45, 2.75) is 39.3 Å². The number of ether oxygens (including phenoxy) is 1. The zero-order valence-corrected chi connectivity index (χ0v) is 13.4. The molecule has 23 heavy (non-hydrogen) atoms. The number of nitrogens with one attached hydrogen (secondary N) is 2. The summed E-state index contributed by atoms with van der Waals surface area (Å²) in [5.74, 6) is -0.476. The van der Waals surface area contributed by atoms with Gasteiger partial charge in [-0.2, -0.15) is 0 Å². The third-order valence-electron chi connectivity index (χ3n) is 3.14. The van der Waals surface area contributed by atoms with E-state index in [1.807, 2.05) is 0 Å². The highest BCUT2D eigenvalue weighted by Crippen LogP contribution is 2.17. The molecule has 1 saturated heterocycles. The molecular weight excluding hydrogens is 302 g/mol. The van der Waals surface area contributed by atoms with Crippen LogP contribution in [-0.2, 0) is 20.9 Å². The Balaban J connectivity index is 1.81. The van der Waals surface area contributed by atoms with E-state index in [-0.39, 0.29) is 31.3 Å². The van der Waals surface area contributed by atoms with Crippen molar-refractivity contribution in [2.24, 2.45) is 5.92 Å². The first-order valence-corrected chi connectivity index (χ1v) is 7.35. The highest BCUT2D eigenvalue weighted by Gasteiger charge is 2.36. The largest absolute Gasteiger partial charge is 0.467 e. The molecule has 0 radical (unpaired) electrons. The summed E-state index contributed by atoms with van der Waals surface area (Å²) in [5, 5.41) is 3.82. The summed E-state index contributed by atoms with van der Waals surface area (Å²) in [5.41, 5.74) is 1.70. The van der Waals surface area contributed by atoms with Crippen molar-refractivity contribution >= 4 is 17.9 Å². The molecule has 0 spiro atoms. The zero-order valence-electron chi connectivity index (χ0n) is 13.4. The number of carbonyl (C=O) groups is 3. The number of hydrazine groups is 1. The van der Waals surface area contributed by atoms with E-state index in [4.69, 9.17) is 9.15 Å². The Morgan fingerprint density at radius 3 is 2.78 bits per heavy atom. The first-order valence-electron chi connectivity index (χ1n) is 7.35. The SMILES string of the molecule is CC(C)(C)OC(=O)NN1CC(C(=O)NCc2ccco2)CC1=O. The maximum Gasteiger partial charge on any atom is 0.426 e. The molecule has 2 heterocycles. The Kier molecular flexibility index (Phi) is 4.92. The molecule has 1 fully saturated rings. The van der Waals surface area contributed by atoms with Gasteiger partial charge in [0.1, 0.15) is 11.4 Å². The number of nitrogens with zero attached hydrogens (tertiary/aromatic N) is 1. The molecule has 2 rings (SSSR count). The van der Waals surface area contributed by atoms with Crippen LogP contribution in [0.4, 0.5) is 4.79 Å². The van der Waals surface area contributed by atoms with Gasteiger partial charge >= 0.3 is 6.09 Å². The molecule has 8 nitrogen and oxygen atoms in total. The standard InChI is InChI=1S/C15H21N3O5/c1-15(2,3)23-14(21)17-18-9-10(7-12(18)19)13(20)16-8-11-5-4-6-22-11/h4-6,10H,7-9H2,1-3H3,(H,16,20)(H,17,21). The van der Waals surface area contributed by atoms with Crippen LogP contribution in [0.15, 0.2) is 22.8 Å². The molecule has 0 aromatic carbocycles. The number of carbonyl (C=O) groups excluding carboxylic acids is 3. The fraction of sp³-hybridized carbons (Fsp3) is 0.533. The molecule has 1 unspecified atom stereocenters. The molecule has 1 aromatic rings. The zero-order chi connectivity index (χ0) is 17.0. The summed E-state index contributed by atoms with van der Waals surface area (Å²) in [6.45, 7) is 5.55. The smallest absolute Gasteiger partial charge is 0.426 e. The number of rotatable bonds is 4. The molecule has 3 amide bonds. The van der Waals surface area contributed by atoms with Crippen molar-refractivity contribution < 1.29 is 23.5 Å². The van der Waals surface area contributed by atoms with Gasteiger partial charge in [0, 0.05) is 6.42 Å². The van der Waals surface area contributed by atoms with E-state index < -0.39 is 17.6 Å². The predicted octanol–water partition coefficient (Wildman–Crippen LogP) is 1.18. The van der Waals surface area contributed by atoms with E-state index in [1.54, 1.807) is 32.9 Å². The van der Waals surface area contributed by atoms with Gasteiger partial charge in [-0.3, -0.25) is 14.6 Å². The van der Waals surface area contributed by atoms with Crippen molar-refractivity contribution in [3.63, 3.8) is 0 Å². The second-order valence-corrected chi connectivity index (χ2v) is 6.32. The molecule has 0 saturated carbocycles. The van der Waals surface area contributed by atoms with E-state index in [0.717, 1.165) is 5.01 Å². The van der Waals surface area contributed by atoms with E-state index >= 15 is 0 Å². The molecule has 0 bridgehead atoms. The lowest BCUT2D eigenvalue weighted by Crippen LogP contribution is -2.46. The molecule has 8 heteroatoms. The third-order valence-corrected chi connectivity index (χ3v) is 3.14. The average Bonchev–Trinajstić information content (AvgIpc) is 3.04. The van der Waals surface area contributed by atoms with Gasteiger partial charge in [-0.1, -0.05) is 0 Å². The topological polar surface area (TPSA) is 101 Å². The Morgan fingerprint density at radius 1 is 1.43 bits per heavy atom. The van der Waals surface area contributed by atoms with Crippen LogP contribution in [0.5, 0.6) is 0 Å². The van der Waals surface area contributed by atoms with Crippen LogP contribution in [0, 0.1) is 5.92 Å². The van der Waals surface area contributed by atoms with Gasteiger partial charge in [0.15, 0.2) is 0 Å². The Bertz CT molecular complexity index is 576. The minimum atomic E-state index is -0.720. The lowest BCUT2D eigenvalue weighted by Gasteiger charge is -2.23. The van der Waals surface area contributed by atoms with Crippen molar-refractivity contribution in [2.75, 3.05) is 6.54 Å². The van der Waals surface area contributed by atoms with Gasteiger partial charge < -0.3 is 14.5 Å². The van der Waals surface area contributed by atoms with Gasteiger partial charge in [-0.05, 0) is 32.9 Å². The summed E-state index contributed by atoms with van der Waals surface area (Å²) in [6.07, 6.45) is 0.842. The summed E-state index contributed by atoms with van der Waals surface area (Å²) >= 11 is 0. The first kappa shape index (κ1) is 16.9. The summed E-state index contributed by atoms with van der Waals surface area (Å²) in [4.78, 5) is 35.6. The Hall–Kier alpha value is -2.51. The monoisotopic (exact) mass is 323 g/mol. The normalized spacial score (nSPS) is 18.0. The summed E-state index contributed by atoms with van der Waals surface area (Å²) in [6, 6.07) is 3.48. The summed E-state index contributed by atoms with van der Waals surface area (Å²) in [7, 11) is 0. The summed E-state index contributed by atoms with van der Waals surface area (Å²) < 4.78 is 10.2. The number of hydrogen-bond acceptors (Lipinski definition) is 5. The van der Waals surface area contributed by atoms with Gasteiger partial charge in [0.25, 0.3) is 0 Å². The lowest BCUT2D eigenvalue weighted by molar-refractivity contribution is -0.130. The van der Waals surface area contributed by atoms with Crippen LogP contribution in [0.2, 0.25) is 0 Å². The molecule has 2 N–H and O–H groups in total. The van der Waals surface area contributed by atoms with Crippen LogP contribution in [0.1, 0.15) is 33.0 Å². The van der Waals surface area contributed by atoms with Crippen LogP contribution in [0.25, 0.3) is 0 Å². The lowest BCUT2D eigenvalue weighted by atomic mass is 10.1. The highest BCUT2D eigenvalue weighted by atomic mass is 16.6. The van der Waals surface area contributed by atoms with E-state index in [2.05, 4.69) is 10.7 Å². The maximum absolute atomic E-state index is 12.1. The van der Waals surface area contributed by atoms with Gasteiger partial charge in [0.05, 0.1) is 25.3 Å². The molecule has 1 atom stereocenters. The second-order valence-electron chi connectivity index (χ2n) is 6.32. The van der Waals surface area contributed by atoms with Crippen LogP contribution in [0.3, 0.4) is 0 Å². The molecule has 1 aromatic heterocycles. The van der Waals surface area contributed by atoms with Gasteiger partial charge in [-0.15, -0.1) is 0 Å². The van der Waals surface area contributed by atoms with E-state index in [1.165, 1.54) is 6.26 Å². The van der Waals surface area contributed by atoms with Crippen molar-refractivity contribution in [1.82, 2.24) is 15.8 Å². The predicted molar refractivity (Wildman–Crippen MR) is 79.7 cm³/mol. The number of furan rings is 1. The average molecular weight is 323 g/mol. The van der Waals surface area contributed by atoms with Crippen molar-refractivity contribution in [1.29, 1.82) is 0 Å². The molecule has 1 aliphatic rings. The fourth-order valence-corrected chi connectivity index (χ4v) is 2.13. The third kappa shape index (κ3) is 5.01. The quantitative estimate of drug-likeness (QED) is 0.866. The van der Waals surface area contributed by atoms with Crippen molar-refractivity contribution in [3.8, 4) is 0 Å². The highest BCUT2D eigenvalue weighted by molar-refractivity contribution is 5.90. The molecule has 0 aliphatic carbocycles. The number of hydrogen-bond donors (Lipinski definition) is 2. The Labute approximate surface area is 134 Å². The van der Waals surface area contributed by atoms with E-state index in [0.29, 0.717) is 5.76 Å². The number of amides is 3. The fourth-order valence-electron chi connectivity index (χ4n) is 2.13. The van der Waals surface area contributed by atoms with Crippen molar-refractivity contribution in [3.05, 3.63) is 24.2 Å². The van der Waals surface area contributed by atoms with E-state index in [9.17, 15) is 14.4 Å². The maximum atomic E-state index is 12.1. The van der Waals surface area contributed by atoms with Crippen LogP contribution >= 0.6 is 0 Å². The molecule has 126 valence electrons. The molecular formula is C15H21N3O5. The first-order chi connectivity index (χ1) is 10.7. The molecule has 1 aliphatic heterocycles. The van der Waals surface area contributed by atoms with Crippen LogP contribution in [-0.4, -0.2) is 35.1 Å². The van der Waals surface area contributed by atoms with Gasteiger partial charge in [0.2, 0.25) is 11.8 Å². The second kappa shape index (κ2) is 6.72. The van der Waals surface area contributed by atoms with Crippen LogP contribution < -0.4 is 10.7 Å². The van der Waals surface area contributed by atoms with Gasteiger partial charge in [-0.25, -0.2) is 10.2 Å².